The number of amides is 1. The fraction of sp³-hybridized carbons (Fsp3) is 0.212. The van der Waals surface area contributed by atoms with Crippen molar-refractivity contribution in [1.82, 2.24) is 24.8 Å². The van der Waals surface area contributed by atoms with Crippen LogP contribution in [0.3, 0.4) is 0 Å². The molecule has 2 aromatic heterocycles. The van der Waals surface area contributed by atoms with Gasteiger partial charge in [-0.15, -0.1) is 0 Å². The Labute approximate surface area is 252 Å². The largest absolute Gasteiger partial charge is 0.507 e. The number of hydrogen-bond donors (Lipinski definition) is 2. The molecule has 0 spiro atoms. The molecule has 1 fully saturated rings. The molecule has 44 heavy (non-hydrogen) atoms. The van der Waals surface area contributed by atoms with Gasteiger partial charge in [0.25, 0.3) is 0 Å². The molecule has 2 aliphatic heterocycles. The maximum atomic E-state index is 15.9. The monoisotopic (exact) mass is 596 g/mol. The van der Waals surface area contributed by atoms with Crippen molar-refractivity contribution in [2.24, 2.45) is 0 Å². The summed E-state index contributed by atoms with van der Waals surface area (Å²) in [4.78, 5) is 38.9. The van der Waals surface area contributed by atoms with Crippen LogP contribution in [0.25, 0.3) is 33.7 Å². The van der Waals surface area contributed by atoms with Crippen LogP contribution < -0.4 is 15.9 Å². The van der Waals surface area contributed by atoms with Crippen molar-refractivity contribution >= 4 is 34.2 Å². The molecule has 1 saturated heterocycles. The number of carbonyl (C=O) groups excluding carboxylic acids is 1. The summed E-state index contributed by atoms with van der Waals surface area (Å²) in [6.07, 6.45) is 3.17. The second-order valence-corrected chi connectivity index (χ2v) is 10.8. The molecule has 0 radical (unpaired) electrons. The van der Waals surface area contributed by atoms with Gasteiger partial charge in [-0.3, -0.25) is 4.79 Å². The smallest absolute Gasteiger partial charge is 0.355 e. The van der Waals surface area contributed by atoms with Crippen LogP contribution in [-0.2, 0) is 4.79 Å². The van der Waals surface area contributed by atoms with Crippen molar-refractivity contribution in [3.8, 4) is 17.0 Å². The Bertz CT molecular complexity index is 1920. The first-order valence-electron chi connectivity index (χ1n) is 14.2. The summed E-state index contributed by atoms with van der Waals surface area (Å²) in [5.41, 5.74) is 1.18. The second kappa shape index (κ2) is 11.4. The quantitative estimate of drug-likeness (QED) is 0.326. The van der Waals surface area contributed by atoms with Crippen LogP contribution in [0.1, 0.15) is 19.4 Å². The molecular formula is C33H30F2N6O3. The fourth-order valence-electron chi connectivity index (χ4n) is 5.87. The Morgan fingerprint density at radius 3 is 2.57 bits per heavy atom. The summed E-state index contributed by atoms with van der Waals surface area (Å²) in [5, 5.41) is 14.1. The van der Waals surface area contributed by atoms with E-state index in [0.717, 1.165) is 17.2 Å². The fourth-order valence-corrected chi connectivity index (χ4v) is 5.87. The van der Waals surface area contributed by atoms with Crippen molar-refractivity contribution < 1.29 is 18.7 Å². The van der Waals surface area contributed by atoms with Gasteiger partial charge in [-0.1, -0.05) is 49.1 Å². The van der Waals surface area contributed by atoms with E-state index in [1.165, 1.54) is 28.8 Å². The lowest BCUT2D eigenvalue weighted by Crippen LogP contribution is -2.54. The molecule has 11 heteroatoms. The molecule has 2 N–H and O–H groups in total. The van der Waals surface area contributed by atoms with E-state index in [1.54, 1.807) is 4.90 Å². The highest BCUT2D eigenvalue weighted by atomic mass is 19.1. The second-order valence-electron chi connectivity index (χ2n) is 10.8. The average molecular weight is 597 g/mol. The van der Waals surface area contributed by atoms with Gasteiger partial charge in [0, 0.05) is 32.2 Å². The number of carbonyl (C=O) groups is 1. The number of allylic oxidation sites excluding steroid dienone is 2. The SMILES string of the molecule is C=CC(=O)N1CCN(c2nc(=O)n(C3=C(c4ccccc4)NCC=C3C)c3nc(-c4c(O)cccc4F)c(F)cc23)[C@@H](C)C1. The number of nitrogens with zero attached hydrogens (tertiary/aromatic N) is 5. The van der Waals surface area contributed by atoms with E-state index in [0.29, 0.717) is 37.6 Å². The third-order valence-electron chi connectivity index (χ3n) is 8.00. The molecule has 6 rings (SSSR count). The Hall–Kier alpha value is -5.32. The lowest BCUT2D eigenvalue weighted by atomic mass is 10.0. The molecule has 0 saturated carbocycles. The van der Waals surface area contributed by atoms with Crippen molar-refractivity contribution in [1.29, 1.82) is 0 Å². The zero-order valence-corrected chi connectivity index (χ0v) is 24.2. The Morgan fingerprint density at radius 2 is 1.86 bits per heavy atom. The van der Waals surface area contributed by atoms with Gasteiger partial charge >= 0.3 is 5.69 Å². The van der Waals surface area contributed by atoms with E-state index in [9.17, 15) is 14.7 Å². The molecule has 1 atom stereocenters. The maximum absolute atomic E-state index is 15.9. The number of piperazine rings is 1. The minimum Gasteiger partial charge on any atom is -0.507 e. The Kier molecular flexibility index (Phi) is 7.46. The van der Waals surface area contributed by atoms with Crippen LogP contribution in [0.15, 0.2) is 83.7 Å². The molecule has 9 nitrogen and oxygen atoms in total. The highest BCUT2D eigenvalue weighted by molar-refractivity contribution is 5.97. The first kappa shape index (κ1) is 28.8. The van der Waals surface area contributed by atoms with Crippen LogP contribution in [0.5, 0.6) is 5.75 Å². The number of nitrogens with one attached hydrogen (secondary N) is 1. The highest BCUT2D eigenvalue weighted by Gasteiger charge is 2.31. The highest BCUT2D eigenvalue weighted by Crippen LogP contribution is 2.37. The number of aromatic hydroxyl groups is 1. The summed E-state index contributed by atoms with van der Waals surface area (Å²) >= 11 is 0. The number of phenolic OH excluding ortho intramolecular Hbond substituents is 1. The summed E-state index contributed by atoms with van der Waals surface area (Å²) < 4.78 is 32.3. The molecule has 0 aliphatic carbocycles. The molecule has 4 aromatic rings. The Morgan fingerprint density at radius 1 is 1.09 bits per heavy atom. The van der Waals surface area contributed by atoms with Gasteiger partial charge in [0.2, 0.25) is 5.91 Å². The van der Waals surface area contributed by atoms with Gasteiger partial charge in [0.1, 0.15) is 23.1 Å². The standard InChI is InChI=1S/C33H30F2N6O3/c1-4-26(43)39-15-16-40(20(3)18-39)31-22-17-24(35)29(27-23(34)11-8-12-25(27)42)37-32(22)41(33(44)38-31)30-19(2)13-14-36-28(30)21-9-6-5-7-10-21/h4-13,17,20,36,42H,1,14-16,18H2,2-3H3/t20-/m0/s1. The summed E-state index contributed by atoms with van der Waals surface area (Å²) in [7, 11) is 0. The first-order valence-corrected chi connectivity index (χ1v) is 14.2. The van der Waals surface area contributed by atoms with Gasteiger partial charge in [0.15, 0.2) is 11.5 Å². The Balaban J connectivity index is 1.66. The zero-order valence-electron chi connectivity index (χ0n) is 24.2. The lowest BCUT2D eigenvalue weighted by Gasteiger charge is -2.40. The number of phenols is 1. The molecule has 4 heterocycles. The minimum atomic E-state index is -0.898. The minimum absolute atomic E-state index is 0.0377. The molecule has 0 unspecified atom stereocenters. The van der Waals surface area contributed by atoms with Gasteiger partial charge in [-0.25, -0.2) is 23.1 Å². The van der Waals surface area contributed by atoms with E-state index >= 15 is 8.78 Å². The number of pyridine rings is 1. The average Bonchev–Trinajstić information content (AvgIpc) is 3.01. The number of halogens is 2. The van der Waals surface area contributed by atoms with Crippen molar-refractivity contribution in [3.05, 3.63) is 107 Å². The van der Waals surface area contributed by atoms with Gasteiger partial charge < -0.3 is 20.2 Å². The molecule has 0 bridgehead atoms. The van der Waals surface area contributed by atoms with Crippen molar-refractivity contribution in [2.75, 3.05) is 31.1 Å². The van der Waals surface area contributed by atoms with Gasteiger partial charge in [-0.05, 0) is 49.3 Å². The number of dihydropyridines is 1. The molecule has 224 valence electrons. The predicted molar refractivity (Wildman–Crippen MR) is 166 cm³/mol. The van der Waals surface area contributed by atoms with E-state index in [1.807, 2.05) is 55.2 Å². The number of aromatic nitrogens is 3. The van der Waals surface area contributed by atoms with Crippen LogP contribution in [0, 0.1) is 11.6 Å². The first-order chi connectivity index (χ1) is 21.2. The van der Waals surface area contributed by atoms with Gasteiger partial charge in [0.05, 0.1) is 22.3 Å². The lowest BCUT2D eigenvalue weighted by molar-refractivity contribution is -0.126. The summed E-state index contributed by atoms with van der Waals surface area (Å²) in [6, 6.07) is 14.0. The normalized spacial score (nSPS) is 17.0. The molecule has 1 amide bonds. The predicted octanol–water partition coefficient (Wildman–Crippen LogP) is 4.54. The molecule has 2 aliphatic rings. The van der Waals surface area contributed by atoms with Crippen molar-refractivity contribution in [3.63, 3.8) is 0 Å². The van der Waals surface area contributed by atoms with Crippen LogP contribution in [0.2, 0.25) is 0 Å². The topological polar surface area (TPSA) is 104 Å². The van der Waals surface area contributed by atoms with Crippen molar-refractivity contribution in [2.45, 2.75) is 19.9 Å². The van der Waals surface area contributed by atoms with Crippen LogP contribution in [-0.4, -0.2) is 62.7 Å². The zero-order chi connectivity index (χ0) is 31.1. The van der Waals surface area contributed by atoms with E-state index < -0.39 is 34.3 Å². The molecule has 2 aromatic carbocycles. The number of anilines is 1. The maximum Gasteiger partial charge on any atom is 0.355 e. The van der Waals surface area contributed by atoms with Gasteiger partial charge in [-0.2, -0.15) is 4.98 Å². The van der Waals surface area contributed by atoms with E-state index in [2.05, 4.69) is 21.9 Å². The van der Waals surface area contributed by atoms with Crippen LogP contribution >= 0.6 is 0 Å². The number of rotatable bonds is 5. The number of hydrogen-bond acceptors (Lipinski definition) is 7. The van der Waals surface area contributed by atoms with E-state index in [-0.39, 0.29) is 28.8 Å². The molecular weight excluding hydrogens is 566 g/mol. The summed E-state index contributed by atoms with van der Waals surface area (Å²) in [5.74, 6) is -2.27. The number of fused-ring (bicyclic) bond motifs is 1. The third kappa shape index (κ3) is 4.89. The van der Waals surface area contributed by atoms with E-state index in [4.69, 9.17) is 0 Å². The number of benzene rings is 2. The third-order valence-corrected chi connectivity index (χ3v) is 8.00. The van der Waals surface area contributed by atoms with Crippen LogP contribution in [0.4, 0.5) is 14.6 Å². The summed E-state index contributed by atoms with van der Waals surface area (Å²) in [6.45, 7) is 8.81.